The van der Waals surface area contributed by atoms with Gasteiger partial charge in [0.25, 0.3) is 0 Å². The van der Waals surface area contributed by atoms with Crippen molar-refractivity contribution in [1.82, 2.24) is 5.32 Å². The molecular weight excluding hydrogens is 903 g/mol. The molecule has 8 atom stereocenters. The molecule has 0 aromatic heterocycles. The van der Waals surface area contributed by atoms with Gasteiger partial charge in [0.1, 0.15) is 30.5 Å². The first-order chi connectivity index (χ1) is 35.3. The van der Waals surface area contributed by atoms with Crippen LogP contribution < -0.4 is 5.32 Å². The molecule has 1 fully saturated rings. The highest BCUT2D eigenvalue weighted by Crippen LogP contribution is 2.24. The number of hydrogen-bond donors (Lipinski definition) is 7. The molecule has 10 heteroatoms. The maximum absolute atomic E-state index is 13.1. The van der Waals surface area contributed by atoms with Crippen molar-refractivity contribution in [2.45, 2.75) is 377 Å². The van der Waals surface area contributed by atoms with Crippen molar-refractivity contribution in [3.63, 3.8) is 0 Å². The van der Waals surface area contributed by atoms with Crippen LogP contribution in [0.25, 0.3) is 0 Å². The maximum Gasteiger partial charge on any atom is 0.220 e. The van der Waals surface area contributed by atoms with E-state index in [9.17, 15) is 35.4 Å². The first-order valence-corrected chi connectivity index (χ1v) is 31.8. The van der Waals surface area contributed by atoms with Gasteiger partial charge in [-0.05, 0) is 12.8 Å². The van der Waals surface area contributed by atoms with Crippen LogP contribution in [0.3, 0.4) is 0 Å². The van der Waals surface area contributed by atoms with E-state index in [0.717, 1.165) is 38.5 Å². The molecular formula is C62H123NO9. The van der Waals surface area contributed by atoms with E-state index in [4.69, 9.17) is 9.47 Å². The molecule has 10 nitrogen and oxygen atoms in total. The van der Waals surface area contributed by atoms with Gasteiger partial charge in [-0.1, -0.05) is 309 Å². The van der Waals surface area contributed by atoms with Crippen molar-refractivity contribution < 1.29 is 44.9 Å². The van der Waals surface area contributed by atoms with E-state index in [2.05, 4.69) is 19.2 Å². The highest BCUT2D eigenvalue weighted by molar-refractivity contribution is 5.76. The Morgan fingerprint density at radius 3 is 1.03 bits per heavy atom. The van der Waals surface area contributed by atoms with Crippen LogP contribution in [-0.4, -0.2) is 98.7 Å². The Morgan fingerprint density at radius 2 is 0.722 bits per heavy atom. The third-order valence-electron chi connectivity index (χ3n) is 15.8. The fraction of sp³-hybridized carbons (Fsp3) is 0.984. The standard InChI is InChI=1S/C62H123NO9/c1-3-5-7-9-11-13-15-17-19-21-22-23-24-25-26-27-28-29-30-31-32-33-34-35-37-39-41-43-45-47-49-51-57(66)63-54(53-71-62-61(70)60(69)59(68)56(52-64)72-62)58(67)55(65)50-48-46-44-42-40-38-36-20-18-16-14-12-10-8-6-4-2/h54-56,58-62,64-65,67-70H,3-53H2,1-2H3,(H,63,66)/t54-,55+,56+,58-,59-,60?,61?,62+/m0/s1. The van der Waals surface area contributed by atoms with E-state index in [1.54, 1.807) is 0 Å². The maximum atomic E-state index is 13.1. The van der Waals surface area contributed by atoms with Crippen LogP contribution in [0.1, 0.15) is 328 Å². The number of rotatable bonds is 56. The average Bonchev–Trinajstić information content (AvgIpc) is 3.38. The van der Waals surface area contributed by atoms with Crippen molar-refractivity contribution >= 4 is 5.91 Å². The van der Waals surface area contributed by atoms with Gasteiger partial charge in [-0.2, -0.15) is 0 Å². The summed E-state index contributed by atoms with van der Waals surface area (Å²) in [5, 5.41) is 65.6. The SMILES string of the molecule is CCCCCCCCCCCCCCCCCCCCCCCCCCCCCCCCCC(=O)N[C@@H](CO[C@@H]1O[C@H](CO)[C@H](O)C(O)C1O)[C@H](O)[C@H](O)CCCCCCCCCCCCCCCCCC. The molecule has 1 rings (SSSR count). The first-order valence-electron chi connectivity index (χ1n) is 31.8. The fourth-order valence-electron chi connectivity index (χ4n) is 10.7. The van der Waals surface area contributed by atoms with Crippen molar-refractivity contribution in [2.75, 3.05) is 13.2 Å². The van der Waals surface area contributed by atoms with E-state index in [1.807, 2.05) is 0 Å². The van der Waals surface area contributed by atoms with Crippen LogP contribution in [0.5, 0.6) is 0 Å². The van der Waals surface area contributed by atoms with E-state index < -0.39 is 55.6 Å². The summed E-state index contributed by atoms with van der Waals surface area (Å²) in [7, 11) is 0. The smallest absolute Gasteiger partial charge is 0.220 e. The van der Waals surface area contributed by atoms with Gasteiger partial charge < -0.3 is 45.4 Å². The molecule has 72 heavy (non-hydrogen) atoms. The zero-order chi connectivity index (χ0) is 52.4. The zero-order valence-corrected chi connectivity index (χ0v) is 47.6. The molecule has 0 aliphatic carbocycles. The third kappa shape index (κ3) is 40.4. The summed E-state index contributed by atoms with van der Waals surface area (Å²) in [4.78, 5) is 13.1. The summed E-state index contributed by atoms with van der Waals surface area (Å²) in [6.07, 6.45) is 52.9. The van der Waals surface area contributed by atoms with Crippen molar-refractivity contribution in [2.24, 2.45) is 0 Å². The topological polar surface area (TPSA) is 169 Å². The Balaban J connectivity index is 2.14. The van der Waals surface area contributed by atoms with Crippen molar-refractivity contribution in [1.29, 1.82) is 0 Å². The van der Waals surface area contributed by atoms with Crippen molar-refractivity contribution in [3.05, 3.63) is 0 Å². The van der Waals surface area contributed by atoms with Gasteiger partial charge in [0, 0.05) is 6.42 Å². The number of carbonyl (C=O) groups is 1. The zero-order valence-electron chi connectivity index (χ0n) is 47.6. The Hall–Kier alpha value is -0.850. The number of hydrogen-bond acceptors (Lipinski definition) is 9. The van der Waals surface area contributed by atoms with E-state index in [0.29, 0.717) is 6.42 Å². The Kier molecular flexibility index (Phi) is 50.2. The minimum atomic E-state index is -1.60. The summed E-state index contributed by atoms with van der Waals surface area (Å²) < 4.78 is 11.2. The predicted octanol–water partition coefficient (Wildman–Crippen LogP) is 15.2. The summed E-state index contributed by atoms with van der Waals surface area (Å²) >= 11 is 0. The number of amides is 1. The van der Waals surface area contributed by atoms with E-state index in [1.165, 1.54) is 263 Å². The van der Waals surface area contributed by atoms with Crippen LogP contribution in [0.15, 0.2) is 0 Å². The lowest BCUT2D eigenvalue weighted by molar-refractivity contribution is -0.303. The predicted molar refractivity (Wildman–Crippen MR) is 301 cm³/mol. The van der Waals surface area contributed by atoms with Gasteiger partial charge in [0.15, 0.2) is 6.29 Å². The first kappa shape index (κ1) is 69.2. The molecule has 0 radical (unpaired) electrons. The van der Waals surface area contributed by atoms with Gasteiger partial charge in [-0.25, -0.2) is 0 Å². The lowest BCUT2D eigenvalue weighted by atomic mass is 9.98. The normalized spacial score (nSPS) is 19.5. The summed E-state index contributed by atoms with van der Waals surface area (Å²) in [6, 6.07) is -0.987. The highest BCUT2D eigenvalue weighted by Gasteiger charge is 2.44. The van der Waals surface area contributed by atoms with Crippen LogP contribution in [0.2, 0.25) is 0 Å². The largest absolute Gasteiger partial charge is 0.394 e. The molecule has 0 saturated carbocycles. The molecule has 1 aliphatic rings. The van der Waals surface area contributed by atoms with Crippen molar-refractivity contribution in [3.8, 4) is 0 Å². The molecule has 1 saturated heterocycles. The van der Waals surface area contributed by atoms with Crippen LogP contribution in [0.4, 0.5) is 0 Å². The Bertz CT molecular complexity index is 1110. The minimum Gasteiger partial charge on any atom is -0.394 e. The number of carbonyl (C=O) groups excluding carboxylic acids is 1. The van der Waals surface area contributed by atoms with Gasteiger partial charge in [-0.15, -0.1) is 0 Å². The van der Waals surface area contributed by atoms with Gasteiger partial charge in [0.05, 0.1) is 25.4 Å². The molecule has 0 bridgehead atoms. The van der Waals surface area contributed by atoms with Gasteiger partial charge >= 0.3 is 0 Å². The molecule has 0 aromatic rings. The minimum absolute atomic E-state index is 0.249. The quantitative estimate of drug-likeness (QED) is 0.0293. The molecule has 1 aliphatic heterocycles. The van der Waals surface area contributed by atoms with E-state index >= 15 is 0 Å². The van der Waals surface area contributed by atoms with Gasteiger partial charge in [0.2, 0.25) is 5.91 Å². The Morgan fingerprint density at radius 1 is 0.431 bits per heavy atom. The van der Waals surface area contributed by atoms with Crippen LogP contribution in [0, 0.1) is 0 Å². The number of nitrogens with one attached hydrogen (secondary N) is 1. The second-order valence-electron chi connectivity index (χ2n) is 22.7. The lowest BCUT2D eigenvalue weighted by Gasteiger charge is -2.40. The molecule has 1 amide bonds. The fourth-order valence-corrected chi connectivity index (χ4v) is 10.7. The monoisotopic (exact) mass is 1030 g/mol. The number of unbranched alkanes of at least 4 members (excludes halogenated alkanes) is 45. The van der Waals surface area contributed by atoms with Gasteiger partial charge in [-0.3, -0.25) is 4.79 Å². The third-order valence-corrected chi connectivity index (χ3v) is 15.8. The second-order valence-corrected chi connectivity index (χ2v) is 22.7. The van der Waals surface area contributed by atoms with Crippen LogP contribution in [-0.2, 0) is 14.3 Å². The summed E-state index contributed by atoms with van der Waals surface area (Å²) in [6.45, 7) is 3.67. The Labute approximate surface area is 445 Å². The highest BCUT2D eigenvalue weighted by atomic mass is 16.7. The summed E-state index contributed by atoms with van der Waals surface area (Å²) in [5.41, 5.74) is 0. The number of aliphatic hydroxyl groups is 6. The summed E-state index contributed by atoms with van der Waals surface area (Å²) in [5.74, 6) is -0.249. The molecule has 0 aromatic carbocycles. The lowest BCUT2D eigenvalue weighted by Crippen LogP contribution is -2.60. The number of ether oxygens (including phenoxy) is 2. The number of aliphatic hydroxyl groups excluding tert-OH is 6. The molecule has 430 valence electrons. The molecule has 7 N–H and O–H groups in total. The second kappa shape index (κ2) is 52.2. The van der Waals surface area contributed by atoms with Crippen LogP contribution >= 0.6 is 0 Å². The molecule has 0 spiro atoms. The van der Waals surface area contributed by atoms with E-state index in [-0.39, 0.29) is 18.9 Å². The molecule has 2 unspecified atom stereocenters. The molecule has 1 heterocycles. The average molecular weight is 1030 g/mol.